The number of hydrogen-bond donors (Lipinski definition) is 2. The summed E-state index contributed by atoms with van der Waals surface area (Å²) in [5.41, 5.74) is 2.24. The molecule has 2 aromatic carbocycles. The first-order valence-electron chi connectivity index (χ1n) is 9.11. The van der Waals surface area contributed by atoms with Gasteiger partial charge in [0.05, 0.1) is 10.4 Å². The molecule has 1 amide bonds. The van der Waals surface area contributed by atoms with Crippen LogP contribution in [0.4, 0.5) is 0 Å². The Bertz CT molecular complexity index is 895. The molecule has 0 aliphatic carbocycles. The lowest BCUT2D eigenvalue weighted by Crippen LogP contribution is -2.44. The Labute approximate surface area is 162 Å². The lowest BCUT2D eigenvalue weighted by atomic mass is 9.89. The molecular weight excluding hydrogens is 360 g/mol. The Morgan fingerprint density at radius 3 is 2.33 bits per heavy atom. The van der Waals surface area contributed by atoms with Gasteiger partial charge in [-0.15, -0.1) is 0 Å². The van der Waals surface area contributed by atoms with E-state index < -0.39 is 15.6 Å². The molecule has 5 nitrogen and oxygen atoms in total. The average Bonchev–Trinajstić information content (AvgIpc) is 2.61. The summed E-state index contributed by atoms with van der Waals surface area (Å²) < 4.78 is 27.5. The maximum atomic E-state index is 12.5. The molecule has 0 aliphatic heterocycles. The van der Waals surface area contributed by atoms with Crippen molar-refractivity contribution in [2.45, 2.75) is 51.0 Å². The molecule has 0 heterocycles. The van der Waals surface area contributed by atoms with E-state index in [1.807, 2.05) is 57.2 Å². The first kappa shape index (κ1) is 21.1. The number of carbonyl (C=O) groups is 1. The van der Waals surface area contributed by atoms with Crippen molar-refractivity contribution in [3.63, 3.8) is 0 Å². The molecule has 0 saturated carbocycles. The predicted molar refractivity (Wildman–Crippen MR) is 108 cm³/mol. The van der Waals surface area contributed by atoms with Gasteiger partial charge in [0.15, 0.2) is 0 Å². The molecule has 0 bridgehead atoms. The lowest BCUT2D eigenvalue weighted by Gasteiger charge is -2.30. The van der Waals surface area contributed by atoms with Crippen LogP contribution >= 0.6 is 0 Å². The second-order valence-corrected chi connectivity index (χ2v) is 8.75. The molecule has 0 radical (unpaired) electrons. The number of benzene rings is 2. The van der Waals surface area contributed by atoms with Gasteiger partial charge >= 0.3 is 0 Å². The van der Waals surface area contributed by atoms with Crippen LogP contribution in [0.25, 0.3) is 0 Å². The zero-order chi connectivity index (χ0) is 20.1. The third kappa shape index (κ3) is 5.40. The van der Waals surface area contributed by atoms with E-state index in [1.165, 1.54) is 0 Å². The Morgan fingerprint density at radius 1 is 1.07 bits per heavy atom. The molecule has 2 rings (SSSR count). The molecule has 1 unspecified atom stereocenters. The molecule has 0 spiro atoms. The maximum Gasteiger partial charge on any atom is 0.240 e. The fourth-order valence-electron chi connectivity index (χ4n) is 3.02. The van der Waals surface area contributed by atoms with Crippen molar-refractivity contribution in [2.24, 2.45) is 0 Å². The Morgan fingerprint density at radius 2 is 1.74 bits per heavy atom. The van der Waals surface area contributed by atoms with E-state index in [0.717, 1.165) is 17.5 Å². The van der Waals surface area contributed by atoms with Gasteiger partial charge in [0.25, 0.3) is 0 Å². The highest BCUT2D eigenvalue weighted by atomic mass is 32.2. The minimum atomic E-state index is -3.63. The molecule has 2 N–H and O–H groups in total. The van der Waals surface area contributed by atoms with Gasteiger partial charge in [-0.05, 0) is 44.4 Å². The molecule has 0 fully saturated rings. The van der Waals surface area contributed by atoms with Crippen LogP contribution in [-0.2, 0) is 20.4 Å². The van der Waals surface area contributed by atoms with Crippen LogP contribution in [0.3, 0.4) is 0 Å². The number of hydrogen-bond acceptors (Lipinski definition) is 3. The zero-order valence-corrected chi connectivity index (χ0v) is 17.2. The highest BCUT2D eigenvalue weighted by Gasteiger charge is 2.26. The van der Waals surface area contributed by atoms with Crippen molar-refractivity contribution < 1.29 is 13.2 Å². The summed E-state index contributed by atoms with van der Waals surface area (Å²) in [4.78, 5) is 12.6. The van der Waals surface area contributed by atoms with E-state index >= 15 is 0 Å². The van der Waals surface area contributed by atoms with Crippen LogP contribution in [-0.4, -0.2) is 20.9 Å². The number of amides is 1. The number of rotatable bonds is 8. The Balaban J connectivity index is 1.97. The van der Waals surface area contributed by atoms with Gasteiger partial charge in [-0.25, -0.2) is 13.1 Å². The standard InChI is InChI=1S/C21H28N2O3S/c1-5-21(4,18-9-7-6-8-10-18)23-20(24)13-14-22-27(25,26)19-12-11-16(2)15-17(19)3/h6-12,15,22H,5,13-14H2,1-4H3,(H,23,24). The van der Waals surface area contributed by atoms with Crippen LogP contribution in [0, 0.1) is 13.8 Å². The Hall–Kier alpha value is -2.18. The van der Waals surface area contributed by atoms with E-state index in [2.05, 4.69) is 10.0 Å². The molecule has 2 aromatic rings. The van der Waals surface area contributed by atoms with Crippen molar-refractivity contribution in [2.75, 3.05) is 6.54 Å². The van der Waals surface area contributed by atoms with Crippen molar-refractivity contribution in [1.82, 2.24) is 10.0 Å². The van der Waals surface area contributed by atoms with Gasteiger partial charge in [0, 0.05) is 13.0 Å². The highest BCUT2D eigenvalue weighted by Crippen LogP contribution is 2.24. The first-order valence-corrected chi connectivity index (χ1v) is 10.6. The molecule has 0 aromatic heterocycles. The van der Waals surface area contributed by atoms with E-state index in [-0.39, 0.29) is 23.8 Å². The summed E-state index contributed by atoms with van der Waals surface area (Å²) in [5, 5.41) is 3.03. The molecule has 0 saturated heterocycles. The second kappa shape index (κ2) is 8.67. The predicted octanol–water partition coefficient (Wildman–Crippen LogP) is 3.41. The quantitative estimate of drug-likeness (QED) is 0.728. The average molecular weight is 389 g/mol. The number of aryl methyl sites for hydroxylation is 2. The van der Waals surface area contributed by atoms with Gasteiger partial charge in [-0.1, -0.05) is 55.0 Å². The fraction of sp³-hybridized carbons (Fsp3) is 0.381. The van der Waals surface area contributed by atoms with Crippen LogP contribution in [0.5, 0.6) is 0 Å². The second-order valence-electron chi connectivity index (χ2n) is 7.02. The largest absolute Gasteiger partial charge is 0.347 e. The summed E-state index contributed by atoms with van der Waals surface area (Å²) >= 11 is 0. The highest BCUT2D eigenvalue weighted by molar-refractivity contribution is 7.89. The molecule has 1 atom stereocenters. The monoisotopic (exact) mass is 388 g/mol. The van der Waals surface area contributed by atoms with Crippen LogP contribution in [0.2, 0.25) is 0 Å². The summed E-state index contributed by atoms with van der Waals surface area (Å²) in [5.74, 6) is -0.188. The van der Waals surface area contributed by atoms with E-state index in [9.17, 15) is 13.2 Å². The summed E-state index contributed by atoms with van der Waals surface area (Å²) in [7, 11) is -3.63. The third-order valence-corrected chi connectivity index (χ3v) is 6.42. The third-order valence-electron chi connectivity index (χ3n) is 4.80. The van der Waals surface area contributed by atoms with Gasteiger partial charge in [0.2, 0.25) is 15.9 Å². The van der Waals surface area contributed by atoms with Crippen LogP contribution < -0.4 is 10.0 Å². The van der Waals surface area contributed by atoms with Crippen molar-refractivity contribution in [1.29, 1.82) is 0 Å². The molecule has 0 aliphatic rings. The summed E-state index contributed by atoms with van der Waals surface area (Å²) in [6.07, 6.45) is 0.809. The smallest absolute Gasteiger partial charge is 0.240 e. The normalized spacial score (nSPS) is 13.8. The Kier molecular flexibility index (Phi) is 6.78. The first-order chi connectivity index (χ1) is 12.7. The molecule has 146 valence electrons. The fourth-order valence-corrected chi connectivity index (χ4v) is 4.27. The van der Waals surface area contributed by atoms with Crippen molar-refractivity contribution in [3.8, 4) is 0 Å². The van der Waals surface area contributed by atoms with Crippen LogP contribution in [0.15, 0.2) is 53.4 Å². The topological polar surface area (TPSA) is 75.3 Å². The van der Waals surface area contributed by atoms with Crippen LogP contribution in [0.1, 0.15) is 43.4 Å². The van der Waals surface area contributed by atoms with Gasteiger partial charge < -0.3 is 5.32 Å². The van der Waals surface area contributed by atoms with Crippen molar-refractivity contribution in [3.05, 3.63) is 65.2 Å². The van der Waals surface area contributed by atoms with Gasteiger partial charge in [0.1, 0.15) is 0 Å². The summed E-state index contributed by atoms with van der Waals surface area (Å²) in [6.45, 7) is 7.71. The van der Waals surface area contributed by atoms with E-state index in [4.69, 9.17) is 0 Å². The van der Waals surface area contributed by atoms with E-state index in [1.54, 1.807) is 19.1 Å². The minimum Gasteiger partial charge on any atom is -0.347 e. The molecule has 27 heavy (non-hydrogen) atoms. The molecular formula is C21H28N2O3S. The molecule has 6 heteroatoms. The SMILES string of the molecule is CCC(C)(NC(=O)CCNS(=O)(=O)c1ccc(C)cc1C)c1ccccc1. The van der Waals surface area contributed by atoms with Gasteiger partial charge in [-0.2, -0.15) is 0 Å². The van der Waals surface area contributed by atoms with Crippen molar-refractivity contribution >= 4 is 15.9 Å². The maximum absolute atomic E-state index is 12.5. The summed E-state index contributed by atoms with van der Waals surface area (Å²) in [6, 6.07) is 15.0. The zero-order valence-electron chi connectivity index (χ0n) is 16.4. The van der Waals surface area contributed by atoms with Gasteiger partial charge in [-0.3, -0.25) is 4.79 Å². The number of nitrogens with one attached hydrogen (secondary N) is 2. The lowest BCUT2D eigenvalue weighted by molar-refractivity contribution is -0.122. The number of sulfonamides is 1. The minimum absolute atomic E-state index is 0.0517. The van der Waals surface area contributed by atoms with E-state index in [0.29, 0.717) is 5.56 Å². The number of carbonyl (C=O) groups excluding carboxylic acids is 1.